The molecule has 0 fully saturated rings. The van der Waals surface area contributed by atoms with E-state index in [0.717, 1.165) is 32.3 Å². The number of aromatic hydroxyl groups is 2. The summed E-state index contributed by atoms with van der Waals surface area (Å²) in [7, 11) is 0. The second-order valence-electron chi connectivity index (χ2n) is 6.36. The highest BCUT2D eigenvalue weighted by Crippen LogP contribution is 2.42. The molecule has 0 aliphatic heterocycles. The molecule has 0 spiro atoms. The minimum absolute atomic E-state index is 0.245. The first-order chi connectivity index (χ1) is 11.1. The van der Waals surface area contributed by atoms with Crippen molar-refractivity contribution in [2.75, 3.05) is 0 Å². The van der Waals surface area contributed by atoms with Crippen molar-refractivity contribution in [2.24, 2.45) is 0 Å². The summed E-state index contributed by atoms with van der Waals surface area (Å²) in [4.78, 5) is 0. The van der Waals surface area contributed by atoms with Gasteiger partial charge < -0.3 is 10.2 Å². The third kappa shape index (κ3) is 1.95. The largest absolute Gasteiger partial charge is 0.507 e. The Morgan fingerprint density at radius 1 is 0.652 bits per heavy atom. The molecule has 0 heterocycles. The Balaban J connectivity index is 2.30. The van der Waals surface area contributed by atoms with Crippen molar-refractivity contribution in [3.63, 3.8) is 0 Å². The zero-order valence-electron chi connectivity index (χ0n) is 13.2. The zero-order valence-corrected chi connectivity index (χ0v) is 13.2. The third-order valence-corrected chi connectivity index (χ3v) is 4.61. The molecule has 2 N–H and O–H groups in total. The number of hydrogen-bond donors (Lipinski definition) is 2. The van der Waals surface area contributed by atoms with E-state index >= 15 is 0 Å². The van der Waals surface area contributed by atoms with Gasteiger partial charge in [-0.2, -0.15) is 0 Å². The summed E-state index contributed by atoms with van der Waals surface area (Å²) in [6.07, 6.45) is 0. The summed E-state index contributed by atoms with van der Waals surface area (Å²) in [5.74, 6) is 0.872. The Kier molecular flexibility index (Phi) is 2.95. The van der Waals surface area contributed by atoms with Crippen molar-refractivity contribution in [3.05, 3.63) is 60.2 Å². The predicted molar refractivity (Wildman–Crippen MR) is 96.4 cm³/mol. The molecular formula is C21H18O2. The van der Waals surface area contributed by atoms with Crippen molar-refractivity contribution >= 4 is 32.3 Å². The maximum atomic E-state index is 10.7. The molecule has 114 valence electrons. The molecule has 4 rings (SSSR count). The summed E-state index contributed by atoms with van der Waals surface area (Å²) >= 11 is 0. The minimum Gasteiger partial charge on any atom is -0.507 e. The van der Waals surface area contributed by atoms with Crippen LogP contribution in [0.15, 0.2) is 54.6 Å². The van der Waals surface area contributed by atoms with Gasteiger partial charge in [0.05, 0.1) is 0 Å². The fraction of sp³-hybridized carbons (Fsp3) is 0.143. The van der Waals surface area contributed by atoms with Crippen LogP contribution in [0, 0.1) is 0 Å². The van der Waals surface area contributed by atoms with Crippen LogP contribution < -0.4 is 0 Å². The molecule has 4 aromatic rings. The van der Waals surface area contributed by atoms with Crippen molar-refractivity contribution < 1.29 is 10.2 Å². The molecule has 0 unspecified atom stereocenters. The molecule has 0 amide bonds. The molecule has 2 heteroatoms. The van der Waals surface area contributed by atoms with Gasteiger partial charge in [0.1, 0.15) is 11.5 Å². The lowest BCUT2D eigenvalue weighted by molar-refractivity contribution is 0.480. The minimum atomic E-state index is 0.245. The molecule has 0 bridgehead atoms. The smallest absolute Gasteiger partial charge is 0.124 e. The number of phenols is 2. The highest BCUT2D eigenvalue weighted by molar-refractivity contribution is 6.21. The van der Waals surface area contributed by atoms with Gasteiger partial charge in [0, 0.05) is 10.8 Å². The standard InChI is InChI=1S/C21H18O2/c1-12(2)13-8-5-9-14-17(13)10-20(23)21-16-7-4-3-6-15(16)19(22)11-18(14)21/h3-12,22-23H,1-2H3. The average molecular weight is 302 g/mol. The molecule has 0 aliphatic rings. The van der Waals surface area contributed by atoms with Crippen LogP contribution in [0.5, 0.6) is 11.5 Å². The molecule has 0 aromatic heterocycles. The summed E-state index contributed by atoms with van der Waals surface area (Å²) in [6, 6.07) is 17.4. The van der Waals surface area contributed by atoms with Crippen LogP contribution in [-0.2, 0) is 0 Å². The molecule has 2 nitrogen and oxygen atoms in total. The van der Waals surface area contributed by atoms with E-state index in [0.29, 0.717) is 5.92 Å². The number of benzene rings is 4. The lowest BCUT2D eigenvalue weighted by atomic mass is 9.90. The van der Waals surface area contributed by atoms with Crippen molar-refractivity contribution in [1.82, 2.24) is 0 Å². The second kappa shape index (κ2) is 4.88. The van der Waals surface area contributed by atoms with E-state index in [4.69, 9.17) is 0 Å². The Morgan fingerprint density at radius 2 is 1.30 bits per heavy atom. The Morgan fingerprint density at radius 3 is 2.04 bits per heavy atom. The SMILES string of the molecule is CC(C)c1cccc2c1cc(O)c1c3ccccc3c(O)cc21. The first-order valence-electron chi connectivity index (χ1n) is 7.87. The van der Waals surface area contributed by atoms with Crippen molar-refractivity contribution in [3.8, 4) is 11.5 Å². The predicted octanol–water partition coefficient (Wildman–Crippen LogP) is 5.68. The number of hydrogen-bond acceptors (Lipinski definition) is 2. The van der Waals surface area contributed by atoms with Crippen LogP contribution in [0.4, 0.5) is 0 Å². The van der Waals surface area contributed by atoms with E-state index in [1.54, 1.807) is 6.07 Å². The van der Waals surface area contributed by atoms with Crippen molar-refractivity contribution in [2.45, 2.75) is 19.8 Å². The van der Waals surface area contributed by atoms with E-state index in [-0.39, 0.29) is 11.5 Å². The topological polar surface area (TPSA) is 40.5 Å². The average Bonchev–Trinajstić information content (AvgIpc) is 2.54. The maximum absolute atomic E-state index is 10.7. The van der Waals surface area contributed by atoms with Crippen LogP contribution >= 0.6 is 0 Å². The van der Waals surface area contributed by atoms with Gasteiger partial charge in [0.2, 0.25) is 0 Å². The van der Waals surface area contributed by atoms with Crippen LogP contribution in [0.2, 0.25) is 0 Å². The lowest BCUT2D eigenvalue weighted by Gasteiger charge is -2.15. The molecule has 0 radical (unpaired) electrons. The van der Waals surface area contributed by atoms with Gasteiger partial charge in [0.25, 0.3) is 0 Å². The molecule has 0 aliphatic carbocycles. The van der Waals surface area contributed by atoms with Crippen LogP contribution in [0.25, 0.3) is 32.3 Å². The lowest BCUT2D eigenvalue weighted by Crippen LogP contribution is -1.91. The zero-order chi connectivity index (χ0) is 16.1. The van der Waals surface area contributed by atoms with E-state index in [1.807, 2.05) is 36.4 Å². The summed E-state index contributed by atoms with van der Waals surface area (Å²) in [6.45, 7) is 4.29. The number of rotatable bonds is 1. The first-order valence-corrected chi connectivity index (χ1v) is 7.87. The van der Waals surface area contributed by atoms with Gasteiger partial charge in [-0.15, -0.1) is 0 Å². The Bertz CT molecular complexity index is 1060. The van der Waals surface area contributed by atoms with Crippen LogP contribution in [0.3, 0.4) is 0 Å². The monoisotopic (exact) mass is 302 g/mol. The van der Waals surface area contributed by atoms with Crippen LogP contribution in [-0.4, -0.2) is 10.2 Å². The fourth-order valence-corrected chi connectivity index (χ4v) is 3.54. The van der Waals surface area contributed by atoms with Crippen molar-refractivity contribution in [1.29, 1.82) is 0 Å². The highest BCUT2D eigenvalue weighted by atomic mass is 16.3. The van der Waals surface area contributed by atoms with E-state index in [9.17, 15) is 10.2 Å². The van der Waals surface area contributed by atoms with Gasteiger partial charge in [-0.05, 0) is 45.2 Å². The number of fused-ring (bicyclic) bond motifs is 5. The molecule has 0 saturated heterocycles. The normalized spacial score (nSPS) is 11.8. The Labute approximate surface area is 134 Å². The van der Waals surface area contributed by atoms with Crippen LogP contribution in [0.1, 0.15) is 25.3 Å². The molecular weight excluding hydrogens is 284 g/mol. The molecule has 0 atom stereocenters. The quantitative estimate of drug-likeness (QED) is 0.444. The van der Waals surface area contributed by atoms with Gasteiger partial charge in [-0.25, -0.2) is 0 Å². The van der Waals surface area contributed by atoms with E-state index in [2.05, 4.69) is 26.0 Å². The van der Waals surface area contributed by atoms with Gasteiger partial charge >= 0.3 is 0 Å². The van der Waals surface area contributed by atoms with E-state index < -0.39 is 0 Å². The first kappa shape index (κ1) is 13.9. The van der Waals surface area contributed by atoms with Gasteiger partial charge in [-0.1, -0.05) is 56.3 Å². The van der Waals surface area contributed by atoms with E-state index in [1.165, 1.54) is 5.56 Å². The summed E-state index contributed by atoms with van der Waals surface area (Å²) in [5.41, 5.74) is 1.20. The third-order valence-electron chi connectivity index (χ3n) is 4.61. The molecule has 0 saturated carbocycles. The van der Waals surface area contributed by atoms with Gasteiger partial charge in [-0.3, -0.25) is 0 Å². The highest BCUT2D eigenvalue weighted by Gasteiger charge is 2.14. The Hall–Kier alpha value is -2.74. The molecule has 4 aromatic carbocycles. The fourth-order valence-electron chi connectivity index (χ4n) is 3.54. The maximum Gasteiger partial charge on any atom is 0.124 e. The second-order valence-corrected chi connectivity index (χ2v) is 6.36. The number of phenolic OH excluding ortho intramolecular Hbond substituents is 2. The summed E-state index contributed by atoms with van der Waals surface area (Å²) < 4.78 is 0. The van der Waals surface area contributed by atoms with Gasteiger partial charge in [0.15, 0.2) is 0 Å². The molecule has 23 heavy (non-hydrogen) atoms. The summed E-state index contributed by atoms with van der Waals surface area (Å²) in [5, 5.41) is 26.5.